The lowest BCUT2D eigenvalue weighted by Crippen LogP contribution is -2.20. The average Bonchev–Trinajstić information content (AvgIpc) is 2.61. The molecule has 3 rings (SSSR count). The summed E-state index contributed by atoms with van der Waals surface area (Å²) in [6, 6.07) is 12.5. The van der Waals surface area contributed by atoms with Crippen molar-refractivity contribution in [3.8, 4) is 0 Å². The highest BCUT2D eigenvalue weighted by atomic mass is 35.5. The molecule has 0 atom stereocenters. The smallest absolute Gasteiger partial charge is 0.334 e. The fraction of sp³-hybridized carbons (Fsp3) is 0.158. The minimum atomic E-state index is -0.498. The summed E-state index contributed by atoms with van der Waals surface area (Å²) in [4.78, 5) is 21.4. The molecule has 0 amide bonds. The van der Waals surface area contributed by atoms with Gasteiger partial charge in [0, 0.05) is 28.0 Å². The third-order valence-corrected chi connectivity index (χ3v) is 4.43. The molecule has 0 aliphatic rings. The molecule has 28 heavy (non-hydrogen) atoms. The van der Waals surface area contributed by atoms with Crippen molar-refractivity contribution in [2.75, 3.05) is 16.8 Å². The largest absolute Gasteiger partial charge is 0.354 e. The second-order valence-corrected chi connectivity index (χ2v) is 6.89. The Morgan fingerprint density at radius 1 is 1.14 bits per heavy atom. The van der Waals surface area contributed by atoms with E-state index >= 15 is 0 Å². The fourth-order valence-electron chi connectivity index (χ4n) is 2.84. The van der Waals surface area contributed by atoms with E-state index < -0.39 is 4.92 Å². The SMILES string of the molecule is CCN(c1cccc(C)c1)c1ncnc(Nc2cc(Cl)cc(Cl)c2)c1[N+](=O)[O-]. The first-order chi connectivity index (χ1) is 13.4. The van der Waals surface area contributed by atoms with E-state index in [1.165, 1.54) is 6.33 Å². The average molecular weight is 418 g/mol. The van der Waals surface area contributed by atoms with E-state index in [4.69, 9.17) is 23.2 Å². The van der Waals surface area contributed by atoms with Crippen LogP contribution in [0.3, 0.4) is 0 Å². The molecule has 0 saturated heterocycles. The summed E-state index contributed by atoms with van der Waals surface area (Å²) in [5.74, 6) is 0.253. The van der Waals surface area contributed by atoms with Crippen molar-refractivity contribution in [1.82, 2.24) is 9.97 Å². The minimum Gasteiger partial charge on any atom is -0.334 e. The van der Waals surface area contributed by atoms with Gasteiger partial charge >= 0.3 is 5.69 Å². The van der Waals surface area contributed by atoms with Crippen LogP contribution in [-0.4, -0.2) is 21.4 Å². The maximum absolute atomic E-state index is 11.9. The number of benzene rings is 2. The number of nitro groups is 1. The molecule has 7 nitrogen and oxygen atoms in total. The van der Waals surface area contributed by atoms with Crippen molar-refractivity contribution in [2.24, 2.45) is 0 Å². The normalized spacial score (nSPS) is 10.6. The number of aromatic nitrogens is 2. The molecule has 0 bridgehead atoms. The number of nitrogens with zero attached hydrogens (tertiary/aromatic N) is 4. The second kappa shape index (κ2) is 8.41. The monoisotopic (exact) mass is 417 g/mol. The molecule has 2 aromatic carbocycles. The van der Waals surface area contributed by atoms with Gasteiger partial charge in [-0.25, -0.2) is 9.97 Å². The van der Waals surface area contributed by atoms with E-state index in [0.29, 0.717) is 22.3 Å². The number of rotatable bonds is 6. The minimum absolute atomic E-state index is 0.0550. The first-order valence-corrected chi connectivity index (χ1v) is 9.21. The van der Waals surface area contributed by atoms with Crippen LogP contribution in [0, 0.1) is 17.0 Å². The van der Waals surface area contributed by atoms with Gasteiger partial charge in [0.25, 0.3) is 0 Å². The second-order valence-electron chi connectivity index (χ2n) is 6.02. The van der Waals surface area contributed by atoms with Crippen molar-refractivity contribution in [3.05, 3.63) is 74.5 Å². The molecule has 0 aliphatic heterocycles. The highest BCUT2D eigenvalue weighted by Gasteiger charge is 2.27. The molecular formula is C19H17Cl2N5O2. The van der Waals surface area contributed by atoms with Crippen LogP contribution < -0.4 is 10.2 Å². The van der Waals surface area contributed by atoms with Gasteiger partial charge in [0.05, 0.1) is 4.92 Å². The van der Waals surface area contributed by atoms with Gasteiger partial charge in [-0.05, 0) is 49.7 Å². The standard InChI is InChI=1S/C19H17Cl2N5O2/c1-3-25(16-6-4-5-12(2)7-16)19-17(26(27)28)18(22-11-23-19)24-15-9-13(20)8-14(21)10-15/h4-11H,3H2,1-2H3,(H,22,23,24). The Morgan fingerprint density at radius 3 is 2.46 bits per heavy atom. The number of anilines is 4. The van der Waals surface area contributed by atoms with Gasteiger partial charge in [0.2, 0.25) is 11.6 Å². The van der Waals surface area contributed by atoms with Crippen LogP contribution in [0.25, 0.3) is 0 Å². The Kier molecular flexibility index (Phi) is 5.96. The molecule has 0 unspecified atom stereocenters. The molecule has 0 saturated carbocycles. The first-order valence-electron chi connectivity index (χ1n) is 8.45. The molecule has 1 heterocycles. The predicted octanol–water partition coefficient (Wildman–Crippen LogP) is 5.90. The van der Waals surface area contributed by atoms with Gasteiger partial charge in [-0.3, -0.25) is 10.1 Å². The summed E-state index contributed by atoms with van der Waals surface area (Å²) >= 11 is 12.0. The lowest BCUT2D eigenvalue weighted by Gasteiger charge is -2.22. The maximum atomic E-state index is 11.9. The number of nitrogens with one attached hydrogen (secondary N) is 1. The molecule has 1 aromatic heterocycles. The summed E-state index contributed by atoms with van der Waals surface area (Å²) in [6.07, 6.45) is 1.29. The van der Waals surface area contributed by atoms with E-state index in [-0.39, 0.29) is 17.3 Å². The van der Waals surface area contributed by atoms with Gasteiger partial charge in [-0.15, -0.1) is 0 Å². The summed E-state index contributed by atoms with van der Waals surface area (Å²) in [5, 5.41) is 15.6. The summed E-state index contributed by atoms with van der Waals surface area (Å²) in [6.45, 7) is 4.35. The van der Waals surface area contributed by atoms with Crippen LogP contribution >= 0.6 is 23.2 Å². The van der Waals surface area contributed by atoms with E-state index in [0.717, 1.165) is 11.3 Å². The summed E-state index contributed by atoms with van der Waals surface area (Å²) in [7, 11) is 0. The number of hydrogen-bond donors (Lipinski definition) is 1. The highest BCUT2D eigenvalue weighted by Crippen LogP contribution is 2.37. The molecule has 0 aliphatic carbocycles. The van der Waals surface area contributed by atoms with E-state index in [1.54, 1.807) is 23.1 Å². The number of aryl methyl sites for hydroxylation is 1. The van der Waals surface area contributed by atoms with Crippen molar-refractivity contribution in [2.45, 2.75) is 13.8 Å². The molecule has 144 valence electrons. The molecule has 1 N–H and O–H groups in total. The lowest BCUT2D eigenvalue weighted by atomic mass is 10.2. The molecule has 3 aromatic rings. The number of halogens is 2. The molecule has 0 spiro atoms. The zero-order chi connectivity index (χ0) is 20.3. The third kappa shape index (κ3) is 4.32. The molecular weight excluding hydrogens is 401 g/mol. The van der Waals surface area contributed by atoms with Crippen LogP contribution in [0.15, 0.2) is 48.8 Å². The Balaban J connectivity index is 2.09. The predicted molar refractivity (Wildman–Crippen MR) is 112 cm³/mol. The highest BCUT2D eigenvalue weighted by molar-refractivity contribution is 6.35. The van der Waals surface area contributed by atoms with Gasteiger partial charge < -0.3 is 10.2 Å². The molecule has 0 radical (unpaired) electrons. The van der Waals surface area contributed by atoms with Crippen molar-refractivity contribution >= 4 is 51.9 Å². The van der Waals surface area contributed by atoms with Crippen molar-refractivity contribution in [3.63, 3.8) is 0 Å². The molecule has 0 fully saturated rings. The lowest BCUT2D eigenvalue weighted by molar-refractivity contribution is -0.383. The van der Waals surface area contributed by atoms with Gasteiger partial charge in [0.1, 0.15) is 6.33 Å². The van der Waals surface area contributed by atoms with E-state index in [1.807, 2.05) is 38.1 Å². The van der Waals surface area contributed by atoms with Crippen molar-refractivity contribution < 1.29 is 4.92 Å². The zero-order valence-corrected chi connectivity index (χ0v) is 16.7. The Labute approximate surface area is 172 Å². The van der Waals surface area contributed by atoms with Crippen molar-refractivity contribution in [1.29, 1.82) is 0 Å². The Bertz CT molecular complexity index is 1010. The Morgan fingerprint density at radius 2 is 1.86 bits per heavy atom. The van der Waals surface area contributed by atoms with Crippen LogP contribution in [0.1, 0.15) is 12.5 Å². The first kappa shape index (κ1) is 19.9. The van der Waals surface area contributed by atoms with Crippen LogP contribution in [0.2, 0.25) is 10.0 Å². The fourth-order valence-corrected chi connectivity index (χ4v) is 3.37. The molecule has 9 heteroatoms. The van der Waals surface area contributed by atoms with Crippen LogP contribution in [0.4, 0.5) is 28.7 Å². The summed E-state index contributed by atoms with van der Waals surface area (Å²) in [5.41, 5.74) is 2.10. The van der Waals surface area contributed by atoms with E-state index in [2.05, 4.69) is 15.3 Å². The van der Waals surface area contributed by atoms with Gasteiger partial charge in [-0.2, -0.15) is 0 Å². The van der Waals surface area contributed by atoms with Crippen LogP contribution in [0.5, 0.6) is 0 Å². The quantitative estimate of drug-likeness (QED) is 0.396. The third-order valence-electron chi connectivity index (χ3n) is 4.00. The Hall–Kier alpha value is -2.90. The summed E-state index contributed by atoms with van der Waals surface area (Å²) < 4.78 is 0. The van der Waals surface area contributed by atoms with Gasteiger partial charge in [0.15, 0.2) is 0 Å². The van der Waals surface area contributed by atoms with Gasteiger partial charge in [-0.1, -0.05) is 35.3 Å². The maximum Gasteiger partial charge on any atom is 0.354 e. The number of hydrogen-bond acceptors (Lipinski definition) is 6. The van der Waals surface area contributed by atoms with E-state index in [9.17, 15) is 10.1 Å². The topological polar surface area (TPSA) is 84.2 Å². The van der Waals surface area contributed by atoms with Crippen LogP contribution in [-0.2, 0) is 0 Å². The zero-order valence-electron chi connectivity index (χ0n) is 15.2.